The van der Waals surface area contributed by atoms with Gasteiger partial charge in [-0.05, 0) is 61.4 Å². The van der Waals surface area contributed by atoms with Crippen molar-refractivity contribution in [1.82, 2.24) is 25.0 Å². The molecule has 5 heterocycles. The maximum absolute atomic E-state index is 14.8. The Bertz CT molecular complexity index is 1770. The molecule has 7 rings (SSSR count). The first-order chi connectivity index (χ1) is 21.7. The number of nitrogens with zero attached hydrogens (tertiary/aromatic N) is 3. The van der Waals surface area contributed by atoms with Crippen LogP contribution in [0.5, 0.6) is 0 Å². The van der Waals surface area contributed by atoms with Gasteiger partial charge in [-0.2, -0.15) is 8.42 Å². The van der Waals surface area contributed by atoms with Crippen molar-refractivity contribution in [1.29, 1.82) is 0 Å². The highest BCUT2D eigenvalue weighted by Gasteiger charge is 2.74. The van der Waals surface area contributed by atoms with Crippen molar-refractivity contribution in [3.05, 3.63) is 41.6 Å². The maximum Gasteiger partial charge on any atom is 0.294 e. The Morgan fingerprint density at radius 1 is 1.22 bits per heavy atom. The van der Waals surface area contributed by atoms with Crippen molar-refractivity contribution in [2.75, 3.05) is 26.4 Å². The highest BCUT2D eigenvalue weighted by Crippen LogP contribution is 2.51. The molecule has 248 valence electrons. The molecule has 13 heteroatoms. The quantitative estimate of drug-likeness (QED) is 0.435. The zero-order chi connectivity index (χ0) is 32.9. The summed E-state index contributed by atoms with van der Waals surface area (Å²) in [5, 5.41) is 4.13. The van der Waals surface area contributed by atoms with E-state index in [0.717, 1.165) is 34.7 Å². The van der Waals surface area contributed by atoms with Crippen molar-refractivity contribution in [2.45, 2.75) is 83.1 Å². The zero-order valence-corrected chi connectivity index (χ0v) is 28.0. The van der Waals surface area contributed by atoms with Crippen LogP contribution in [0.1, 0.15) is 58.1 Å². The summed E-state index contributed by atoms with van der Waals surface area (Å²) >= 11 is 0. The van der Waals surface area contributed by atoms with E-state index in [4.69, 9.17) is 8.92 Å². The number of aromatic amines is 1. The van der Waals surface area contributed by atoms with Gasteiger partial charge in [0, 0.05) is 42.1 Å². The third kappa shape index (κ3) is 4.56. The van der Waals surface area contributed by atoms with Crippen LogP contribution < -0.4 is 5.32 Å². The number of likely N-dealkylation sites (N-methyl/N-ethyl adjacent to an activating group) is 1. The van der Waals surface area contributed by atoms with Crippen LogP contribution in [0, 0.1) is 17.8 Å². The molecule has 5 aliphatic rings. The van der Waals surface area contributed by atoms with Gasteiger partial charge >= 0.3 is 0 Å². The van der Waals surface area contributed by atoms with Crippen molar-refractivity contribution < 1.29 is 31.7 Å². The normalized spacial score (nSPS) is 32.7. The number of nitrogens with one attached hydrogen (secondary N) is 2. The molecule has 1 aromatic heterocycles. The first-order valence-electron chi connectivity index (χ1n) is 16.2. The van der Waals surface area contributed by atoms with Gasteiger partial charge in [-0.15, -0.1) is 0 Å². The van der Waals surface area contributed by atoms with Crippen LogP contribution in [0.2, 0.25) is 0 Å². The first-order valence-corrected chi connectivity index (χ1v) is 18.1. The lowest BCUT2D eigenvalue weighted by Crippen LogP contribution is -2.72. The molecule has 6 atom stereocenters. The van der Waals surface area contributed by atoms with E-state index in [1.54, 1.807) is 18.7 Å². The fourth-order valence-electron chi connectivity index (χ4n) is 8.40. The second-order valence-electron chi connectivity index (χ2n) is 14.3. The van der Waals surface area contributed by atoms with Gasteiger partial charge < -0.3 is 15.2 Å². The van der Waals surface area contributed by atoms with E-state index in [0.29, 0.717) is 25.9 Å². The average Bonchev–Trinajstić information content (AvgIpc) is 3.68. The van der Waals surface area contributed by atoms with Crippen LogP contribution in [0.4, 0.5) is 0 Å². The number of carbonyl (C=O) groups is 3. The number of rotatable bonds is 7. The van der Waals surface area contributed by atoms with Crippen molar-refractivity contribution >= 4 is 44.3 Å². The highest BCUT2D eigenvalue weighted by molar-refractivity contribution is 7.86. The molecule has 3 amide bonds. The van der Waals surface area contributed by atoms with Crippen LogP contribution in [0.15, 0.2) is 30.5 Å². The third-order valence-electron chi connectivity index (χ3n) is 10.4. The summed E-state index contributed by atoms with van der Waals surface area (Å²) in [5.74, 6) is -4.71. The Hall–Kier alpha value is -3.26. The summed E-state index contributed by atoms with van der Waals surface area (Å²) in [6.07, 6.45) is 7.05. The van der Waals surface area contributed by atoms with Crippen LogP contribution in [0.3, 0.4) is 0 Å². The van der Waals surface area contributed by atoms with Gasteiger partial charge in [-0.1, -0.05) is 45.9 Å². The topological polar surface area (TPSA) is 141 Å². The second kappa shape index (κ2) is 10.6. The lowest BCUT2D eigenvalue weighted by atomic mass is 9.79. The number of ether oxygens (including phenoxy) is 1. The molecule has 0 spiro atoms. The van der Waals surface area contributed by atoms with Gasteiger partial charge in [0.25, 0.3) is 21.9 Å². The van der Waals surface area contributed by atoms with Gasteiger partial charge in [0.15, 0.2) is 0 Å². The van der Waals surface area contributed by atoms with Gasteiger partial charge in [-0.3, -0.25) is 28.9 Å². The Morgan fingerprint density at radius 2 is 1.98 bits per heavy atom. The predicted octanol–water partition coefficient (Wildman–Crippen LogP) is 2.41. The predicted molar refractivity (Wildman–Crippen MR) is 170 cm³/mol. The molecule has 2 aromatic rings. The Morgan fingerprint density at radius 3 is 2.67 bits per heavy atom. The highest BCUT2D eigenvalue weighted by atomic mass is 32.2. The molecule has 3 saturated heterocycles. The molecule has 1 aliphatic carbocycles. The summed E-state index contributed by atoms with van der Waals surface area (Å²) in [4.78, 5) is 51.3. The average molecular weight is 654 g/mol. The smallest absolute Gasteiger partial charge is 0.294 e. The number of aromatic nitrogens is 1. The number of piperazine rings is 1. The number of hydrogen-bond acceptors (Lipinski definition) is 8. The molecule has 0 saturated carbocycles. The summed E-state index contributed by atoms with van der Waals surface area (Å²) in [5.41, 5.74) is 2.46. The van der Waals surface area contributed by atoms with Crippen molar-refractivity contribution in [3.8, 4) is 0 Å². The Labute approximate surface area is 269 Å². The van der Waals surface area contributed by atoms with Crippen LogP contribution in [-0.2, 0) is 39.8 Å². The van der Waals surface area contributed by atoms with Gasteiger partial charge in [0.05, 0.1) is 12.2 Å². The number of benzene rings is 1. The van der Waals surface area contributed by atoms with E-state index in [1.807, 2.05) is 39.1 Å². The largest absolute Gasteiger partial charge is 0.361 e. The fourth-order valence-corrected chi connectivity index (χ4v) is 9.06. The molecule has 12 nitrogen and oxygen atoms in total. The van der Waals surface area contributed by atoms with Crippen LogP contribution in [-0.4, -0.2) is 102 Å². The molecule has 4 aliphatic heterocycles. The maximum atomic E-state index is 14.8. The lowest BCUT2D eigenvalue weighted by Gasteiger charge is -2.50. The molecule has 0 unspecified atom stereocenters. The minimum Gasteiger partial charge on any atom is -0.361 e. The molecule has 2 N–H and O–H groups in total. The fraction of sp³-hybridized carbons (Fsp3) is 0.606. The molecule has 0 bridgehead atoms. The third-order valence-corrected chi connectivity index (χ3v) is 11.0. The van der Waals surface area contributed by atoms with Crippen molar-refractivity contribution in [2.24, 2.45) is 17.8 Å². The van der Waals surface area contributed by atoms with Crippen LogP contribution >= 0.6 is 0 Å². The molecular weight excluding hydrogens is 610 g/mol. The van der Waals surface area contributed by atoms with E-state index in [9.17, 15) is 22.8 Å². The standard InChI is InChI=1S/C33H43N5O7S/c1-18(2)13-26-30(40)37-12-8-11-27(37)33(45-46(6,42)43)38(26)31(41)32(44-33,19(3)4)35-29(39)21-14-23-22-9-7-10-24-28(22)20(16-34-24)15-25(23)36(5)17-21/h7,9-10,14,16,18-19,21,25-27,34H,8,11-13,15,17H2,1-6H3,(H,35,39)/t21-,25-,26+,27+,32-,33-/m1/s1. The van der Waals surface area contributed by atoms with E-state index >= 15 is 0 Å². The number of H-pyrrole nitrogens is 1. The summed E-state index contributed by atoms with van der Waals surface area (Å²) in [6.45, 7) is 8.17. The number of fused-ring (bicyclic) bond motifs is 5. The summed E-state index contributed by atoms with van der Waals surface area (Å²) < 4.78 is 38.2. The molecular formula is C33H43N5O7S. The number of amides is 3. The molecule has 1 aromatic carbocycles. The SMILES string of the molecule is CC(C)C[C@H]1C(=O)N2CCC[C@H]2[C@]2(OS(C)(=O)=O)O[C@](NC(=O)[C@@H]3C=C4c5cccc6[nH]cc(c56)C[C@H]4N(C)C3)(C(C)C)C(=O)N12. The Kier molecular flexibility index (Phi) is 7.24. The molecule has 46 heavy (non-hydrogen) atoms. The van der Waals surface area contributed by atoms with Crippen molar-refractivity contribution in [3.63, 3.8) is 0 Å². The zero-order valence-electron chi connectivity index (χ0n) is 27.2. The number of hydrogen-bond donors (Lipinski definition) is 2. The van der Waals surface area contributed by atoms with E-state index in [1.165, 1.54) is 10.5 Å². The second-order valence-corrected chi connectivity index (χ2v) is 15.9. The Balaban J connectivity index is 1.30. The lowest BCUT2D eigenvalue weighted by molar-refractivity contribution is -0.305. The number of carbonyl (C=O) groups excluding carboxylic acids is 3. The summed E-state index contributed by atoms with van der Waals surface area (Å²) in [6, 6.07) is 4.36. The van der Waals surface area contributed by atoms with E-state index in [-0.39, 0.29) is 24.3 Å². The van der Waals surface area contributed by atoms with Gasteiger partial charge in [0.1, 0.15) is 12.1 Å². The van der Waals surface area contributed by atoms with Gasteiger partial charge in [0.2, 0.25) is 17.5 Å². The minimum absolute atomic E-state index is 0.00156. The summed E-state index contributed by atoms with van der Waals surface area (Å²) in [7, 11) is -2.19. The van der Waals surface area contributed by atoms with E-state index < -0.39 is 57.5 Å². The molecule has 3 fully saturated rings. The van der Waals surface area contributed by atoms with E-state index in [2.05, 4.69) is 27.5 Å². The molecule has 0 radical (unpaired) electrons. The monoisotopic (exact) mass is 653 g/mol. The minimum atomic E-state index is -4.19. The first kappa shape index (κ1) is 31.3. The van der Waals surface area contributed by atoms with Crippen LogP contribution in [0.25, 0.3) is 16.5 Å². The van der Waals surface area contributed by atoms with Gasteiger partial charge in [-0.25, -0.2) is 4.18 Å².